The standard InChI is InChI=1S/C16H17ClNO4P/c17-13-4-6-14(7-5-13)18-16(12-2-8-15(19)9-3-12)23(20)21-10-1-11-22-23/h2-9,16,18-19H,1,10-11H2. The van der Waals surface area contributed by atoms with Gasteiger partial charge in [-0.1, -0.05) is 23.7 Å². The molecule has 0 aliphatic carbocycles. The van der Waals surface area contributed by atoms with Gasteiger partial charge in [-0.15, -0.1) is 0 Å². The highest BCUT2D eigenvalue weighted by atomic mass is 35.5. The smallest absolute Gasteiger partial charge is 0.357 e. The van der Waals surface area contributed by atoms with E-state index in [9.17, 15) is 9.67 Å². The summed E-state index contributed by atoms with van der Waals surface area (Å²) in [7, 11) is -3.36. The summed E-state index contributed by atoms with van der Waals surface area (Å²) in [4.78, 5) is 0. The molecule has 0 aromatic heterocycles. The Bertz CT molecular complexity index is 695. The third-order valence-corrected chi connectivity index (χ3v) is 5.90. The van der Waals surface area contributed by atoms with Gasteiger partial charge in [0.25, 0.3) is 0 Å². The van der Waals surface area contributed by atoms with Gasteiger partial charge in [0.2, 0.25) is 0 Å². The maximum absolute atomic E-state index is 13.1. The molecule has 0 saturated carbocycles. The van der Waals surface area contributed by atoms with Crippen molar-refractivity contribution in [1.29, 1.82) is 0 Å². The molecule has 2 aromatic carbocycles. The number of phenols is 1. The molecule has 23 heavy (non-hydrogen) atoms. The molecular weight excluding hydrogens is 337 g/mol. The van der Waals surface area contributed by atoms with Crippen LogP contribution in [0.4, 0.5) is 5.69 Å². The Morgan fingerprint density at radius 3 is 2.26 bits per heavy atom. The highest BCUT2D eigenvalue weighted by Crippen LogP contribution is 2.62. The Morgan fingerprint density at radius 2 is 1.65 bits per heavy atom. The summed E-state index contributed by atoms with van der Waals surface area (Å²) < 4.78 is 24.1. The van der Waals surface area contributed by atoms with Crippen molar-refractivity contribution in [3.8, 4) is 5.75 Å². The van der Waals surface area contributed by atoms with Crippen molar-refractivity contribution in [1.82, 2.24) is 0 Å². The fourth-order valence-electron chi connectivity index (χ4n) is 2.33. The van der Waals surface area contributed by atoms with Crippen LogP contribution in [0.3, 0.4) is 0 Å². The van der Waals surface area contributed by atoms with Gasteiger partial charge in [-0.2, -0.15) is 0 Å². The molecule has 3 rings (SSSR count). The van der Waals surface area contributed by atoms with Crippen LogP contribution in [0.5, 0.6) is 5.75 Å². The van der Waals surface area contributed by atoms with E-state index in [0.29, 0.717) is 30.2 Å². The predicted octanol–water partition coefficient (Wildman–Crippen LogP) is 4.79. The average Bonchev–Trinajstić information content (AvgIpc) is 2.56. The number of hydrogen-bond acceptors (Lipinski definition) is 5. The van der Waals surface area contributed by atoms with E-state index in [1.54, 1.807) is 48.5 Å². The molecule has 1 fully saturated rings. The summed E-state index contributed by atoms with van der Waals surface area (Å²) in [6.07, 6.45) is 0.716. The molecule has 1 aliphatic heterocycles. The molecule has 5 nitrogen and oxygen atoms in total. The molecule has 122 valence electrons. The van der Waals surface area contributed by atoms with Crippen LogP contribution in [-0.2, 0) is 13.6 Å². The van der Waals surface area contributed by atoms with E-state index in [1.165, 1.54) is 0 Å². The second kappa shape index (κ2) is 6.93. The van der Waals surface area contributed by atoms with Crippen molar-refractivity contribution in [3.63, 3.8) is 0 Å². The maximum atomic E-state index is 13.1. The van der Waals surface area contributed by atoms with Crippen LogP contribution in [0.15, 0.2) is 48.5 Å². The van der Waals surface area contributed by atoms with Gasteiger partial charge in [-0.25, -0.2) is 0 Å². The van der Waals surface area contributed by atoms with Gasteiger partial charge >= 0.3 is 7.60 Å². The Hall–Kier alpha value is -1.52. The number of hydrogen-bond donors (Lipinski definition) is 2. The number of aromatic hydroxyl groups is 1. The third kappa shape index (κ3) is 3.88. The molecule has 0 radical (unpaired) electrons. The van der Waals surface area contributed by atoms with Crippen molar-refractivity contribution in [2.75, 3.05) is 18.5 Å². The molecule has 0 amide bonds. The summed E-state index contributed by atoms with van der Waals surface area (Å²) in [6, 6.07) is 13.6. The SMILES string of the molecule is O=P1(C(Nc2ccc(Cl)cc2)c2ccc(O)cc2)OCCCO1. The van der Waals surface area contributed by atoms with Gasteiger partial charge in [0.15, 0.2) is 5.78 Å². The quantitative estimate of drug-likeness (QED) is 0.774. The maximum Gasteiger partial charge on any atom is 0.357 e. The molecule has 7 heteroatoms. The lowest BCUT2D eigenvalue weighted by Crippen LogP contribution is -2.19. The fraction of sp³-hybridized carbons (Fsp3) is 0.250. The Kier molecular flexibility index (Phi) is 4.93. The van der Waals surface area contributed by atoms with E-state index in [-0.39, 0.29) is 5.75 Å². The second-order valence-corrected chi connectivity index (χ2v) is 7.75. The van der Waals surface area contributed by atoms with Crippen molar-refractivity contribution >= 4 is 24.9 Å². The zero-order chi connectivity index (χ0) is 16.3. The van der Waals surface area contributed by atoms with Gasteiger partial charge in [0, 0.05) is 10.7 Å². The first kappa shape index (κ1) is 16.3. The first-order valence-corrected chi connectivity index (χ1v) is 9.26. The van der Waals surface area contributed by atoms with E-state index in [4.69, 9.17) is 20.6 Å². The summed E-state index contributed by atoms with van der Waals surface area (Å²) >= 11 is 5.90. The van der Waals surface area contributed by atoms with Gasteiger partial charge in [-0.3, -0.25) is 4.57 Å². The van der Waals surface area contributed by atoms with E-state index in [2.05, 4.69) is 5.32 Å². The van der Waals surface area contributed by atoms with E-state index >= 15 is 0 Å². The molecule has 0 spiro atoms. The fourth-order valence-corrected chi connectivity index (χ4v) is 4.44. The summed E-state index contributed by atoms with van der Waals surface area (Å²) in [6.45, 7) is 0.794. The molecular formula is C16H17ClNO4P. The molecule has 2 aromatic rings. The van der Waals surface area contributed by atoms with Crippen LogP contribution in [0.1, 0.15) is 17.8 Å². The number of phenolic OH excluding ortho intramolecular Hbond substituents is 1. The highest BCUT2D eigenvalue weighted by Gasteiger charge is 2.39. The summed E-state index contributed by atoms with van der Waals surface area (Å²) in [5.41, 5.74) is 1.46. The number of nitrogens with one attached hydrogen (secondary N) is 1. The zero-order valence-corrected chi connectivity index (χ0v) is 14.0. The number of halogens is 1. The van der Waals surface area contributed by atoms with Crippen LogP contribution in [0.2, 0.25) is 5.02 Å². The lowest BCUT2D eigenvalue weighted by atomic mass is 10.2. The number of benzene rings is 2. The summed E-state index contributed by atoms with van der Waals surface area (Å²) in [5.74, 6) is -0.521. The Balaban J connectivity index is 1.93. The molecule has 1 atom stereocenters. The van der Waals surface area contributed by atoms with E-state index in [1.807, 2.05) is 0 Å². The van der Waals surface area contributed by atoms with E-state index < -0.39 is 13.4 Å². The first-order chi connectivity index (χ1) is 11.1. The minimum Gasteiger partial charge on any atom is -0.508 e. The minimum absolute atomic E-state index is 0.141. The van der Waals surface area contributed by atoms with Crippen LogP contribution in [-0.4, -0.2) is 18.3 Å². The second-order valence-electron chi connectivity index (χ2n) is 5.21. The van der Waals surface area contributed by atoms with Crippen LogP contribution < -0.4 is 5.32 Å². The molecule has 1 aliphatic rings. The van der Waals surface area contributed by atoms with Crippen LogP contribution >= 0.6 is 19.2 Å². The lowest BCUT2D eigenvalue weighted by Gasteiger charge is -2.31. The third-order valence-electron chi connectivity index (χ3n) is 3.50. The molecule has 0 bridgehead atoms. The van der Waals surface area contributed by atoms with Crippen molar-refractivity contribution < 1.29 is 18.7 Å². The lowest BCUT2D eigenvalue weighted by molar-refractivity contribution is 0.141. The molecule has 1 saturated heterocycles. The average molecular weight is 354 g/mol. The van der Waals surface area contributed by atoms with Crippen LogP contribution in [0, 0.1) is 0 Å². The Labute approximate surface area is 139 Å². The van der Waals surface area contributed by atoms with Crippen LogP contribution in [0.25, 0.3) is 0 Å². The van der Waals surface area contributed by atoms with Crippen molar-refractivity contribution in [2.45, 2.75) is 12.2 Å². The van der Waals surface area contributed by atoms with Gasteiger partial charge in [0.05, 0.1) is 13.2 Å². The number of anilines is 1. The zero-order valence-electron chi connectivity index (χ0n) is 12.3. The van der Waals surface area contributed by atoms with Gasteiger partial charge in [0.1, 0.15) is 5.75 Å². The predicted molar refractivity (Wildman–Crippen MR) is 90.1 cm³/mol. The first-order valence-electron chi connectivity index (χ1n) is 7.27. The van der Waals surface area contributed by atoms with Gasteiger partial charge in [-0.05, 0) is 48.4 Å². The molecule has 1 unspecified atom stereocenters. The van der Waals surface area contributed by atoms with E-state index in [0.717, 1.165) is 5.69 Å². The molecule has 2 N–H and O–H groups in total. The van der Waals surface area contributed by atoms with Crippen molar-refractivity contribution in [3.05, 3.63) is 59.1 Å². The van der Waals surface area contributed by atoms with Gasteiger partial charge < -0.3 is 19.5 Å². The topological polar surface area (TPSA) is 67.8 Å². The minimum atomic E-state index is -3.36. The normalized spacial score (nSPS) is 18.3. The highest BCUT2D eigenvalue weighted by molar-refractivity contribution is 7.54. The summed E-state index contributed by atoms with van der Waals surface area (Å²) in [5, 5.41) is 13.3. The van der Waals surface area contributed by atoms with Crippen molar-refractivity contribution in [2.24, 2.45) is 0 Å². The Morgan fingerprint density at radius 1 is 1.04 bits per heavy atom. The number of rotatable bonds is 4. The molecule has 1 heterocycles. The largest absolute Gasteiger partial charge is 0.508 e. The monoisotopic (exact) mass is 353 g/mol.